The molecule has 0 fully saturated rings. The average molecular weight is 476 g/mol. The number of phenolic OH excluding ortho intramolecular Hbond substituents is 1. The minimum atomic E-state index is 0.0965. The molecule has 0 saturated heterocycles. The second-order valence-electron chi connectivity index (χ2n) is 5.70. The van der Waals surface area contributed by atoms with E-state index in [0.29, 0.717) is 21.2 Å². The molecule has 0 aliphatic heterocycles. The Morgan fingerprint density at radius 3 is 2.88 bits per heavy atom. The number of rotatable bonds is 3. The van der Waals surface area contributed by atoms with E-state index in [2.05, 4.69) is 62.6 Å². The largest absolute Gasteiger partial charge is 0.506 e. The Labute approximate surface area is 164 Å². The first-order valence-corrected chi connectivity index (χ1v) is 9.20. The van der Waals surface area contributed by atoms with Gasteiger partial charge in [-0.2, -0.15) is 10.1 Å². The van der Waals surface area contributed by atoms with Crippen molar-refractivity contribution >= 4 is 66.1 Å². The van der Waals surface area contributed by atoms with Gasteiger partial charge in [0.15, 0.2) is 5.65 Å². The fraction of sp³-hybridized carbons (Fsp3) is 0.0588. The number of nitrogens with one attached hydrogen (secondary N) is 2. The zero-order valence-corrected chi connectivity index (χ0v) is 16.6. The van der Waals surface area contributed by atoms with Crippen LogP contribution in [0.15, 0.2) is 44.4 Å². The van der Waals surface area contributed by atoms with E-state index >= 15 is 0 Å². The summed E-state index contributed by atoms with van der Waals surface area (Å²) in [5.74, 6) is 0.352. The number of fused-ring (bicyclic) bond motifs is 3. The molecular formula is C17H12Br2N6O. The van der Waals surface area contributed by atoms with Crippen LogP contribution in [0, 0.1) is 6.92 Å². The lowest BCUT2D eigenvalue weighted by molar-refractivity contribution is 0.471. The Balaban J connectivity index is 1.63. The summed E-state index contributed by atoms with van der Waals surface area (Å²) >= 11 is 6.65. The number of hydrazone groups is 1. The van der Waals surface area contributed by atoms with Crippen LogP contribution in [-0.4, -0.2) is 31.5 Å². The summed E-state index contributed by atoms with van der Waals surface area (Å²) in [4.78, 5) is 7.62. The van der Waals surface area contributed by atoms with Gasteiger partial charge in [-0.3, -0.25) is 0 Å². The molecule has 9 heteroatoms. The molecule has 130 valence electrons. The summed E-state index contributed by atoms with van der Waals surface area (Å²) in [5.41, 5.74) is 6.71. The summed E-state index contributed by atoms with van der Waals surface area (Å²) in [6.45, 7) is 2.03. The van der Waals surface area contributed by atoms with Crippen molar-refractivity contribution in [3.63, 3.8) is 0 Å². The molecule has 0 radical (unpaired) electrons. The van der Waals surface area contributed by atoms with Gasteiger partial charge in [0, 0.05) is 20.9 Å². The number of hydrogen-bond donors (Lipinski definition) is 3. The first-order valence-electron chi connectivity index (χ1n) is 7.61. The van der Waals surface area contributed by atoms with E-state index < -0.39 is 0 Å². The molecule has 0 atom stereocenters. The summed E-state index contributed by atoms with van der Waals surface area (Å²) in [7, 11) is 0. The molecule has 2 aromatic heterocycles. The number of nitrogens with zero attached hydrogens (tertiary/aromatic N) is 4. The third-order valence-electron chi connectivity index (χ3n) is 3.80. The molecule has 0 spiro atoms. The van der Waals surface area contributed by atoms with Gasteiger partial charge >= 0.3 is 0 Å². The van der Waals surface area contributed by atoms with Crippen LogP contribution >= 0.6 is 31.9 Å². The van der Waals surface area contributed by atoms with Gasteiger partial charge in [0.05, 0.1) is 10.7 Å². The van der Waals surface area contributed by atoms with Crippen LogP contribution in [0.25, 0.3) is 22.1 Å². The van der Waals surface area contributed by atoms with Crippen molar-refractivity contribution in [2.24, 2.45) is 5.10 Å². The van der Waals surface area contributed by atoms with E-state index in [9.17, 15) is 5.11 Å². The fourth-order valence-electron chi connectivity index (χ4n) is 2.58. The van der Waals surface area contributed by atoms with Crippen LogP contribution < -0.4 is 5.43 Å². The van der Waals surface area contributed by atoms with Crippen molar-refractivity contribution in [1.29, 1.82) is 0 Å². The van der Waals surface area contributed by atoms with Gasteiger partial charge in [-0.05, 0) is 47.1 Å². The highest BCUT2D eigenvalue weighted by molar-refractivity contribution is 9.11. The molecule has 0 amide bonds. The lowest BCUT2D eigenvalue weighted by Crippen LogP contribution is -1.99. The third kappa shape index (κ3) is 3.15. The van der Waals surface area contributed by atoms with Gasteiger partial charge in [-0.15, -0.1) is 10.2 Å². The van der Waals surface area contributed by atoms with E-state index in [1.165, 1.54) is 6.21 Å². The molecular weight excluding hydrogens is 464 g/mol. The first-order chi connectivity index (χ1) is 12.5. The lowest BCUT2D eigenvalue weighted by Gasteiger charge is -2.03. The van der Waals surface area contributed by atoms with Crippen molar-refractivity contribution in [1.82, 2.24) is 20.2 Å². The molecule has 0 aliphatic carbocycles. The number of aromatic amines is 1. The Morgan fingerprint density at radius 2 is 2.04 bits per heavy atom. The Hall–Kier alpha value is -2.52. The first kappa shape index (κ1) is 16.9. The standard InChI is InChI=1S/C17H12Br2N6O/c1-8-2-3-13-11(4-8)14-16(21-13)22-17(25-23-14)24-20-7-9-5-10(18)6-12(19)15(9)26/h2-7,26H,1H3,(H2,21,22,24,25)/b20-7+. The summed E-state index contributed by atoms with van der Waals surface area (Å²) < 4.78 is 1.39. The second-order valence-corrected chi connectivity index (χ2v) is 7.47. The van der Waals surface area contributed by atoms with Crippen molar-refractivity contribution in [3.05, 3.63) is 50.4 Å². The van der Waals surface area contributed by atoms with E-state index in [1.807, 2.05) is 25.1 Å². The van der Waals surface area contributed by atoms with Crippen LogP contribution in [0.2, 0.25) is 0 Å². The highest BCUT2D eigenvalue weighted by Crippen LogP contribution is 2.30. The van der Waals surface area contributed by atoms with Crippen LogP contribution in [0.1, 0.15) is 11.1 Å². The molecule has 0 saturated carbocycles. The fourth-order valence-corrected chi connectivity index (χ4v) is 3.83. The predicted octanol–water partition coefficient (Wildman–Crippen LogP) is 4.49. The molecule has 0 aliphatic rings. The van der Waals surface area contributed by atoms with Crippen molar-refractivity contribution in [2.75, 3.05) is 5.43 Å². The zero-order chi connectivity index (χ0) is 18.3. The number of phenols is 1. The number of H-pyrrole nitrogens is 1. The lowest BCUT2D eigenvalue weighted by atomic mass is 10.2. The number of benzene rings is 2. The molecule has 7 nitrogen and oxygen atoms in total. The Morgan fingerprint density at radius 1 is 1.19 bits per heavy atom. The Bertz CT molecular complexity index is 1170. The number of anilines is 1. The average Bonchev–Trinajstić information content (AvgIpc) is 2.96. The SMILES string of the molecule is Cc1ccc2[nH]c3nc(N/N=C/c4cc(Br)cc(Br)c4O)nnc3c2c1. The van der Waals surface area contributed by atoms with E-state index in [0.717, 1.165) is 20.9 Å². The number of aromatic hydroxyl groups is 1. The van der Waals surface area contributed by atoms with E-state index in [-0.39, 0.29) is 11.7 Å². The van der Waals surface area contributed by atoms with Crippen molar-refractivity contribution in [2.45, 2.75) is 6.92 Å². The molecule has 3 N–H and O–H groups in total. The van der Waals surface area contributed by atoms with Crippen LogP contribution in [0.3, 0.4) is 0 Å². The Kier molecular flexibility index (Phi) is 4.33. The van der Waals surface area contributed by atoms with Crippen molar-refractivity contribution in [3.8, 4) is 5.75 Å². The second kappa shape index (κ2) is 6.65. The number of aromatic nitrogens is 4. The van der Waals surface area contributed by atoms with Gasteiger partial charge in [-0.25, -0.2) is 5.43 Å². The summed E-state index contributed by atoms with van der Waals surface area (Å²) in [6.07, 6.45) is 1.48. The van der Waals surface area contributed by atoms with Gasteiger partial charge in [0.25, 0.3) is 5.95 Å². The highest BCUT2D eigenvalue weighted by Gasteiger charge is 2.09. The topological polar surface area (TPSA) is 99.1 Å². The third-order valence-corrected chi connectivity index (χ3v) is 4.86. The predicted molar refractivity (Wildman–Crippen MR) is 109 cm³/mol. The smallest absolute Gasteiger partial charge is 0.265 e. The number of halogens is 2. The maximum atomic E-state index is 10.0. The van der Waals surface area contributed by atoms with E-state index in [1.54, 1.807) is 12.1 Å². The van der Waals surface area contributed by atoms with E-state index in [4.69, 9.17) is 0 Å². The van der Waals surface area contributed by atoms with Crippen LogP contribution in [0.4, 0.5) is 5.95 Å². The van der Waals surface area contributed by atoms with Crippen LogP contribution in [-0.2, 0) is 0 Å². The quantitative estimate of drug-likeness (QED) is 0.299. The molecule has 2 aromatic carbocycles. The van der Waals surface area contributed by atoms with Gasteiger partial charge in [0.1, 0.15) is 11.3 Å². The van der Waals surface area contributed by atoms with Gasteiger partial charge < -0.3 is 10.1 Å². The maximum absolute atomic E-state index is 10.0. The molecule has 2 heterocycles. The maximum Gasteiger partial charge on any atom is 0.265 e. The monoisotopic (exact) mass is 474 g/mol. The highest BCUT2D eigenvalue weighted by atomic mass is 79.9. The summed E-state index contributed by atoms with van der Waals surface area (Å²) in [6, 6.07) is 9.56. The minimum absolute atomic E-state index is 0.0965. The molecule has 26 heavy (non-hydrogen) atoms. The minimum Gasteiger partial charge on any atom is -0.506 e. The zero-order valence-electron chi connectivity index (χ0n) is 13.5. The molecule has 0 unspecified atom stereocenters. The van der Waals surface area contributed by atoms with Gasteiger partial charge in [0.2, 0.25) is 0 Å². The molecule has 4 aromatic rings. The van der Waals surface area contributed by atoms with Gasteiger partial charge in [-0.1, -0.05) is 27.6 Å². The normalized spacial score (nSPS) is 11.7. The van der Waals surface area contributed by atoms with Crippen LogP contribution in [0.5, 0.6) is 5.75 Å². The number of hydrogen-bond acceptors (Lipinski definition) is 6. The number of aryl methyl sites for hydroxylation is 1. The molecule has 4 rings (SSSR count). The summed E-state index contributed by atoms with van der Waals surface area (Å²) in [5, 5.41) is 23.4. The van der Waals surface area contributed by atoms with Crippen molar-refractivity contribution < 1.29 is 5.11 Å². The molecule has 0 bridgehead atoms.